The third-order valence-electron chi connectivity index (χ3n) is 5.90. The summed E-state index contributed by atoms with van der Waals surface area (Å²) in [7, 11) is 0. The number of carbonyl (C=O) groups excluding carboxylic acids is 1. The lowest BCUT2D eigenvalue weighted by Crippen LogP contribution is -2.39. The molecule has 1 fully saturated rings. The van der Waals surface area contributed by atoms with Crippen LogP contribution in [0.15, 0.2) is 36.4 Å². The molecule has 1 aliphatic rings. The maximum absolute atomic E-state index is 13.0. The second-order valence-electron chi connectivity index (χ2n) is 8.31. The van der Waals surface area contributed by atoms with Crippen LogP contribution < -0.4 is 14.8 Å². The van der Waals surface area contributed by atoms with Crippen molar-refractivity contribution < 1.29 is 27.4 Å². The first-order valence-electron chi connectivity index (χ1n) is 11.6. The van der Waals surface area contributed by atoms with Crippen molar-refractivity contribution in [1.29, 1.82) is 0 Å². The van der Waals surface area contributed by atoms with Crippen LogP contribution >= 0.6 is 0 Å². The number of fused-ring (bicyclic) bond motifs is 1. The third-order valence-corrected chi connectivity index (χ3v) is 5.90. The molecule has 2 aromatic carbocycles. The predicted octanol–water partition coefficient (Wildman–Crippen LogP) is 4.52. The van der Waals surface area contributed by atoms with E-state index in [0.717, 1.165) is 12.1 Å². The molecule has 3 aromatic rings. The van der Waals surface area contributed by atoms with Crippen LogP contribution in [-0.2, 0) is 11.0 Å². The normalized spacial score (nSPS) is 15.3. The minimum atomic E-state index is -4.42. The van der Waals surface area contributed by atoms with Gasteiger partial charge in [0.2, 0.25) is 5.91 Å². The Labute approximate surface area is 201 Å². The number of alkyl halides is 3. The van der Waals surface area contributed by atoms with E-state index >= 15 is 0 Å². The van der Waals surface area contributed by atoms with Gasteiger partial charge in [0, 0.05) is 19.2 Å². The van der Waals surface area contributed by atoms with Crippen molar-refractivity contribution in [1.82, 2.24) is 19.9 Å². The highest BCUT2D eigenvalue weighted by atomic mass is 19.4. The van der Waals surface area contributed by atoms with Crippen molar-refractivity contribution in [3.63, 3.8) is 0 Å². The zero-order valence-electron chi connectivity index (χ0n) is 19.6. The minimum Gasteiger partial charge on any atom is -0.494 e. The molecule has 1 N–H and O–H groups in total. The monoisotopic (exact) mass is 491 g/mol. The van der Waals surface area contributed by atoms with Crippen LogP contribution in [0.2, 0.25) is 0 Å². The Morgan fingerprint density at radius 3 is 2.51 bits per heavy atom. The first-order chi connectivity index (χ1) is 16.8. The largest absolute Gasteiger partial charge is 0.494 e. The number of benzene rings is 2. The lowest BCUT2D eigenvalue weighted by Gasteiger charge is -2.31. The summed E-state index contributed by atoms with van der Waals surface area (Å²) in [4.78, 5) is 14.8. The number of nitrogens with zero attached hydrogens (tertiary/aromatic N) is 4. The van der Waals surface area contributed by atoms with Gasteiger partial charge in [-0.05, 0) is 57.0 Å². The van der Waals surface area contributed by atoms with E-state index in [1.54, 1.807) is 22.9 Å². The number of halogens is 3. The summed E-state index contributed by atoms with van der Waals surface area (Å²) < 4.78 is 51.7. The molecule has 1 amide bonds. The molecule has 0 saturated carbocycles. The van der Waals surface area contributed by atoms with E-state index < -0.39 is 11.7 Å². The maximum Gasteiger partial charge on any atom is 0.416 e. The minimum absolute atomic E-state index is 0.00322. The molecule has 11 heteroatoms. The smallest absolute Gasteiger partial charge is 0.416 e. The second kappa shape index (κ2) is 10.5. The third kappa shape index (κ3) is 5.84. The van der Waals surface area contributed by atoms with Gasteiger partial charge in [0.15, 0.2) is 0 Å². The molecule has 35 heavy (non-hydrogen) atoms. The SMILES string of the molecule is CCOc1ccc(OCC)c(NC(=O)CN2CCC(n3nnc4cc(C(F)(F)F)ccc43)CC2)c1. The summed E-state index contributed by atoms with van der Waals surface area (Å²) in [5.41, 5.74) is 0.620. The number of hydrogen-bond donors (Lipinski definition) is 1. The molecule has 1 saturated heterocycles. The quantitative estimate of drug-likeness (QED) is 0.499. The fourth-order valence-electron chi connectivity index (χ4n) is 4.25. The van der Waals surface area contributed by atoms with Gasteiger partial charge in [-0.25, -0.2) is 4.68 Å². The number of rotatable bonds is 8. The van der Waals surface area contributed by atoms with Crippen LogP contribution in [0.3, 0.4) is 0 Å². The molecule has 4 rings (SSSR count). The van der Waals surface area contributed by atoms with Gasteiger partial charge in [0.25, 0.3) is 0 Å². The highest BCUT2D eigenvalue weighted by Gasteiger charge is 2.31. The van der Waals surface area contributed by atoms with Crippen LogP contribution in [0.1, 0.15) is 38.3 Å². The lowest BCUT2D eigenvalue weighted by molar-refractivity contribution is -0.137. The molecule has 0 spiro atoms. The maximum atomic E-state index is 13.0. The molecule has 1 aliphatic heterocycles. The number of amides is 1. The summed E-state index contributed by atoms with van der Waals surface area (Å²) in [6.45, 7) is 6.26. The fraction of sp³-hybridized carbons (Fsp3) is 0.458. The Morgan fingerprint density at radius 1 is 1.09 bits per heavy atom. The number of anilines is 1. The first kappa shape index (κ1) is 24.8. The van der Waals surface area contributed by atoms with Crippen molar-refractivity contribution in [2.24, 2.45) is 0 Å². The Bertz CT molecular complexity index is 1170. The van der Waals surface area contributed by atoms with E-state index in [1.165, 1.54) is 6.07 Å². The van der Waals surface area contributed by atoms with Gasteiger partial charge >= 0.3 is 6.18 Å². The summed E-state index contributed by atoms with van der Waals surface area (Å²) in [5.74, 6) is 1.06. The van der Waals surface area contributed by atoms with E-state index in [9.17, 15) is 18.0 Å². The van der Waals surface area contributed by atoms with Crippen LogP contribution in [0, 0.1) is 0 Å². The van der Waals surface area contributed by atoms with Gasteiger partial charge in [-0.1, -0.05) is 5.21 Å². The van der Waals surface area contributed by atoms with E-state index in [2.05, 4.69) is 15.6 Å². The molecular weight excluding hydrogens is 463 g/mol. The molecule has 2 heterocycles. The van der Waals surface area contributed by atoms with Crippen LogP contribution in [-0.4, -0.2) is 58.6 Å². The Hall–Kier alpha value is -3.34. The number of aromatic nitrogens is 3. The summed E-state index contributed by atoms with van der Waals surface area (Å²) in [6.07, 6.45) is -3.01. The summed E-state index contributed by atoms with van der Waals surface area (Å²) in [5, 5.41) is 11.0. The zero-order chi connectivity index (χ0) is 25.0. The van der Waals surface area contributed by atoms with E-state index in [-0.39, 0.29) is 24.0 Å². The summed E-state index contributed by atoms with van der Waals surface area (Å²) >= 11 is 0. The van der Waals surface area contributed by atoms with Crippen molar-refractivity contribution >= 4 is 22.6 Å². The van der Waals surface area contributed by atoms with Gasteiger partial charge in [0.1, 0.15) is 17.0 Å². The van der Waals surface area contributed by atoms with Gasteiger partial charge in [0.05, 0.1) is 42.6 Å². The molecule has 0 bridgehead atoms. The number of carbonyl (C=O) groups is 1. The number of likely N-dealkylation sites (tertiary alicyclic amines) is 1. The van der Waals surface area contributed by atoms with Crippen molar-refractivity contribution in [2.45, 2.75) is 38.9 Å². The Balaban J connectivity index is 1.36. The predicted molar refractivity (Wildman–Crippen MR) is 125 cm³/mol. The molecular formula is C24H28F3N5O3. The van der Waals surface area contributed by atoms with Gasteiger partial charge in [-0.2, -0.15) is 13.2 Å². The Kier molecular flexibility index (Phi) is 7.44. The zero-order valence-corrected chi connectivity index (χ0v) is 19.6. The number of nitrogens with one attached hydrogen (secondary N) is 1. The van der Waals surface area contributed by atoms with Crippen LogP contribution in [0.5, 0.6) is 11.5 Å². The van der Waals surface area contributed by atoms with Crippen molar-refractivity contribution in [2.75, 3.05) is 38.2 Å². The molecule has 0 radical (unpaired) electrons. The van der Waals surface area contributed by atoms with E-state index in [1.807, 2.05) is 18.7 Å². The standard InChI is InChI=1S/C24H28F3N5O3/c1-3-34-18-6-8-22(35-4-2)20(14-18)28-23(33)15-31-11-9-17(10-12-31)32-21-7-5-16(24(25,26)27)13-19(21)29-30-32/h5-8,13-14,17H,3-4,9-12,15H2,1-2H3,(H,28,33). The average Bonchev–Trinajstić information content (AvgIpc) is 3.24. The van der Waals surface area contributed by atoms with E-state index in [4.69, 9.17) is 9.47 Å². The second-order valence-corrected chi connectivity index (χ2v) is 8.31. The number of ether oxygens (including phenoxy) is 2. The van der Waals surface area contributed by atoms with E-state index in [0.29, 0.717) is 61.8 Å². The average molecular weight is 492 g/mol. The van der Waals surface area contributed by atoms with Gasteiger partial charge in [-0.3, -0.25) is 9.69 Å². The van der Waals surface area contributed by atoms with Crippen LogP contribution in [0.4, 0.5) is 18.9 Å². The summed E-state index contributed by atoms with van der Waals surface area (Å²) in [6, 6.07) is 8.82. The van der Waals surface area contributed by atoms with Gasteiger partial charge in [-0.15, -0.1) is 5.10 Å². The molecule has 0 atom stereocenters. The van der Waals surface area contributed by atoms with Crippen molar-refractivity contribution in [3.8, 4) is 11.5 Å². The number of hydrogen-bond acceptors (Lipinski definition) is 6. The molecule has 1 aromatic heterocycles. The molecule has 8 nitrogen and oxygen atoms in total. The fourth-order valence-corrected chi connectivity index (χ4v) is 4.25. The van der Waals surface area contributed by atoms with Crippen LogP contribution in [0.25, 0.3) is 11.0 Å². The van der Waals surface area contributed by atoms with Crippen molar-refractivity contribution in [3.05, 3.63) is 42.0 Å². The topological polar surface area (TPSA) is 81.5 Å². The van der Waals surface area contributed by atoms with Gasteiger partial charge < -0.3 is 14.8 Å². The molecule has 188 valence electrons. The number of piperidine rings is 1. The highest BCUT2D eigenvalue weighted by Crippen LogP contribution is 2.33. The molecule has 0 unspecified atom stereocenters. The lowest BCUT2D eigenvalue weighted by atomic mass is 10.0. The Morgan fingerprint density at radius 2 is 1.83 bits per heavy atom. The highest BCUT2D eigenvalue weighted by molar-refractivity contribution is 5.94. The molecule has 0 aliphatic carbocycles. The first-order valence-corrected chi connectivity index (χ1v) is 11.6.